The fourth-order valence-electron chi connectivity index (χ4n) is 2.81. The molecule has 0 aliphatic heterocycles. The quantitative estimate of drug-likeness (QED) is 0.597. The van der Waals surface area contributed by atoms with Crippen LogP contribution in [-0.2, 0) is 16.1 Å². The first-order chi connectivity index (χ1) is 14.0. The van der Waals surface area contributed by atoms with E-state index in [0.29, 0.717) is 22.0 Å². The van der Waals surface area contributed by atoms with Crippen molar-refractivity contribution in [2.75, 3.05) is 7.11 Å². The number of halogens is 1. The number of carbonyl (C=O) groups is 2. The lowest BCUT2D eigenvalue weighted by Crippen LogP contribution is -2.32. The van der Waals surface area contributed by atoms with E-state index in [2.05, 4.69) is 20.7 Å². The van der Waals surface area contributed by atoms with Crippen molar-refractivity contribution in [3.63, 3.8) is 0 Å². The van der Waals surface area contributed by atoms with Gasteiger partial charge in [-0.25, -0.2) is 4.79 Å². The number of rotatable bonds is 7. The van der Waals surface area contributed by atoms with Gasteiger partial charge in [-0.1, -0.05) is 42.8 Å². The van der Waals surface area contributed by atoms with E-state index in [4.69, 9.17) is 16.3 Å². The summed E-state index contributed by atoms with van der Waals surface area (Å²) in [7, 11) is 1.32. The first kappa shape index (κ1) is 20.5. The molecular weight excluding hydrogens is 394 g/mol. The van der Waals surface area contributed by atoms with Crippen molar-refractivity contribution in [3.8, 4) is 11.4 Å². The van der Waals surface area contributed by atoms with Crippen molar-refractivity contribution in [1.82, 2.24) is 25.5 Å². The highest BCUT2D eigenvalue weighted by molar-refractivity contribution is 6.30. The Labute approximate surface area is 172 Å². The average Bonchev–Trinajstić information content (AvgIpc) is 3.20. The van der Waals surface area contributed by atoms with Gasteiger partial charge in [0.25, 0.3) is 0 Å². The second-order valence-electron chi connectivity index (χ2n) is 6.30. The summed E-state index contributed by atoms with van der Waals surface area (Å²) in [4.78, 5) is 25.3. The number of ether oxygens (including phenoxy) is 1. The van der Waals surface area contributed by atoms with Crippen LogP contribution in [0.3, 0.4) is 0 Å². The lowest BCUT2D eigenvalue weighted by molar-refractivity contribution is -0.122. The zero-order valence-corrected chi connectivity index (χ0v) is 16.8. The summed E-state index contributed by atoms with van der Waals surface area (Å²) in [5.74, 6) is -0.376. The van der Waals surface area contributed by atoms with Gasteiger partial charge in [-0.2, -0.15) is 4.80 Å². The summed E-state index contributed by atoms with van der Waals surface area (Å²) >= 11 is 5.92. The Hall–Kier alpha value is -3.26. The van der Waals surface area contributed by atoms with Gasteiger partial charge in [-0.15, -0.1) is 10.2 Å². The van der Waals surface area contributed by atoms with E-state index in [1.165, 1.54) is 11.9 Å². The van der Waals surface area contributed by atoms with Gasteiger partial charge in [-0.3, -0.25) is 4.79 Å². The molecule has 0 aliphatic carbocycles. The minimum absolute atomic E-state index is 0.0756. The Morgan fingerprint density at radius 3 is 2.66 bits per heavy atom. The summed E-state index contributed by atoms with van der Waals surface area (Å²) in [6.07, 6.45) is 0.726. The number of esters is 1. The molecule has 29 heavy (non-hydrogen) atoms. The molecule has 0 fully saturated rings. The van der Waals surface area contributed by atoms with E-state index < -0.39 is 5.97 Å². The largest absolute Gasteiger partial charge is 0.465 e. The van der Waals surface area contributed by atoms with Crippen LogP contribution in [0, 0.1) is 0 Å². The SMILES string of the molecule is CC[C@H](NC(=O)Cn1nnc(-c2cccc(C(=O)OC)c2)n1)c1ccc(Cl)cc1. The molecule has 0 bridgehead atoms. The Kier molecular flexibility index (Phi) is 6.56. The van der Waals surface area contributed by atoms with Gasteiger partial charge in [0.05, 0.1) is 18.7 Å². The molecule has 1 heterocycles. The standard InChI is InChI=1S/C20H20ClN5O3/c1-3-17(13-7-9-16(21)10-8-13)22-18(27)12-26-24-19(23-25-26)14-5-4-6-15(11-14)20(28)29-2/h4-11,17H,3,12H2,1-2H3,(H,22,27)/t17-/m0/s1. The lowest BCUT2D eigenvalue weighted by atomic mass is 10.0. The van der Waals surface area contributed by atoms with Crippen molar-refractivity contribution in [3.05, 3.63) is 64.7 Å². The van der Waals surface area contributed by atoms with E-state index in [-0.39, 0.29) is 18.5 Å². The monoisotopic (exact) mass is 413 g/mol. The molecule has 8 nitrogen and oxygen atoms in total. The maximum atomic E-state index is 12.4. The number of aromatic nitrogens is 4. The van der Waals surface area contributed by atoms with Crippen molar-refractivity contribution < 1.29 is 14.3 Å². The summed E-state index contributed by atoms with van der Waals surface area (Å²) in [5, 5.41) is 15.7. The topological polar surface area (TPSA) is 99.0 Å². The van der Waals surface area contributed by atoms with Gasteiger partial charge < -0.3 is 10.1 Å². The molecule has 150 valence electrons. The molecular formula is C20H20ClN5O3. The third-order valence-corrected chi connectivity index (χ3v) is 4.55. The van der Waals surface area contributed by atoms with Gasteiger partial charge >= 0.3 is 5.97 Å². The van der Waals surface area contributed by atoms with Crippen LogP contribution in [0.25, 0.3) is 11.4 Å². The van der Waals surface area contributed by atoms with Crippen LogP contribution in [0.4, 0.5) is 0 Å². The molecule has 0 spiro atoms. The Balaban J connectivity index is 1.67. The van der Waals surface area contributed by atoms with Crippen LogP contribution in [0.1, 0.15) is 35.3 Å². The Bertz CT molecular complexity index is 1000. The average molecular weight is 414 g/mol. The molecule has 1 atom stereocenters. The number of benzene rings is 2. The van der Waals surface area contributed by atoms with E-state index >= 15 is 0 Å². The highest BCUT2D eigenvalue weighted by Crippen LogP contribution is 2.19. The third-order valence-electron chi connectivity index (χ3n) is 4.30. The summed E-state index contributed by atoms with van der Waals surface area (Å²) < 4.78 is 4.71. The van der Waals surface area contributed by atoms with E-state index in [1.807, 2.05) is 19.1 Å². The molecule has 0 radical (unpaired) electrons. The minimum atomic E-state index is -0.452. The second kappa shape index (κ2) is 9.29. The highest BCUT2D eigenvalue weighted by Gasteiger charge is 2.15. The third kappa shape index (κ3) is 5.17. The zero-order chi connectivity index (χ0) is 20.8. The van der Waals surface area contributed by atoms with E-state index in [9.17, 15) is 9.59 Å². The zero-order valence-electron chi connectivity index (χ0n) is 16.0. The van der Waals surface area contributed by atoms with Crippen molar-refractivity contribution in [1.29, 1.82) is 0 Å². The smallest absolute Gasteiger partial charge is 0.337 e. The highest BCUT2D eigenvalue weighted by atomic mass is 35.5. The summed E-state index contributed by atoms with van der Waals surface area (Å²) in [6, 6.07) is 13.9. The predicted molar refractivity (Wildman–Crippen MR) is 107 cm³/mol. The van der Waals surface area contributed by atoms with Crippen LogP contribution >= 0.6 is 11.6 Å². The summed E-state index contributed by atoms with van der Waals surface area (Å²) in [6.45, 7) is 1.91. The fraction of sp³-hybridized carbons (Fsp3) is 0.250. The van der Waals surface area contributed by atoms with Crippen LogP contribution in [0.15, 0.2) is 48.5 Å². The van der Waals surface area contributed by atoms with Gasteiger partial charge in [0.1, 0.15) is 6.54 Å². The number of methoxy groups -OCH3 is 1. The number of hydrogen-bond acceptors (Lipinski definition) is 6. The number of tetrazole rings is 1. The number of amides is 1. The van der Waals surface area contributed by atoms with Crippen LogP contribution in [0.2, 0.25) is 5.02 Å². The van der Waals surface area contributed by atoms with Gasteiger partial charge in [0.2, 0.25) is 11.7 Å². The number of nitrogens with zero attached hydrogens (tertiary/aromatic N) is 4. The molecule has 0 unspecified atom stereocenters. The molecule has 0 saturated heterocycles. The number of nitrogens with one attached hydrogen (secondary N) is 1. The second-order valence-corrected chi connectivity index (χ2v) is 6.73. The van der Waals surface area contributed by atoms with Crippen LogP contribution in [0.5, 0.6) is 0 Å². The first-order valence-electron chi connectivity index (χ1n) is 9.01. The predicted octanol–water partition coefficient (Wildman–Crippen LogP) is 3.05. The molecule has 0 saturated carbocycles. The molecule has 9 heteroatoms. The van der Waals surface area contributed by atoms with Crippen molar-refractivity contribution >= 4 is 23.5 Å². The van der Waals surface area contributed by atoms with Crippen LogP contribution < -0.4 is 5.32 Å². The molecule has 0 aliphatic rings. The normalized spacial score (nSPS) is 11.7. The first-order valence-corrected chi connectivity index (χ1v) is 9.39. The molecule has 3 aromatic rings. The summed E-state index contributed by atoms with van der Waals surface area (Å²) in [5.41, 5.74) is 1.96. The maximum Gasteiger partial charge on any atom is 0.337 e. The van der Waals surface area contributed by atoms with Crippen molar-refractivity contribution in [2.24, 2.45) is 0 Å². The molecule has 2 aromatic carbocycles. The fourth-order valence-corrected chi connectivity index (χ4v) is 2.94. The molecule has 3 rings (SSSR count). The Morgan fingerprint density at radius 1 is 1.21 bits per heavy atom. The van der Waals surface area contributed by atoms with Crippen LogP contribution in [-0.4, -0.2) is 39.2 Å². The van der Waals surface area contributed by atoms with E-state index in [1.54, 1.807) is 36.4 Å². The van der Waals surface area contributed by atoms with E-state index in [0.717, 1.165) is 12.0 Å². The molecule has 1 N–H and O–H groups in total. The van der Waals surface area contributed by atoms with Gasteiger partial charge in [0, 0.05) is 10.6 Å². The van der Waals surface area contributed by atoms with Crippen molar-refractivity contribution in [2.45, 2.75) is 25.9 Å². The minimum Gasteiger partial charge on any atom is -0.465 e. The Morgan fingerprint density at radius 2 is 1.97 bits per heavy atom. The van der Waals surface area contributed by atoms with Gasteiger partial charge in [0.15, 0.2) is 0 Å². The van der Waals surface area contributed by atoms with Gasteiger partial charge in [-0.05, 0) is 41.5 Å². The molecule has 1 amide bonds. The number of hydrogen-bond donors (Lipinski definition) is 1. The number of carbonyl (C=O) groups excluding carboxylic acids is 2. The maximum absolute atomic E-state index is 12.4. The molecule has 1 aromatic heterocycles. The lowest BCUT2D eigenvalue weighted by Gasteiger charge is -2.17.